The number of amides is 2. The van der Waals surface area contributed by atoms with E-state index in [1.807, 2.05) is 0 Å². The van der Waals surface area contributed by atoms with Crippen molar-refractivity contribution in [2.24, 2.45) is 10.7 Å². The summed E-state index contributed by atoms with van der Waals surface area (Å²) in [4.78, 5) is 33.1. The van der Waals surface area contributed by atoms with E-state index in [4.69, 9.17) is 13.6 Å². The van der Waals surface area contributed by atoms with Gasteiger partial charge in [0.2, 0.25) is 0 Å². The number of halogens is 1. The highest BCUT2D eigenvalue weighted by molar-refractivity contribution is 6.32. The molecule has 1 aromatic heterocycles. The maximum Gasteiger partial charge on any atom is 0.259 e. The van der Waals surface area contributed by atoms with Crippen LogP contribution in [0.2, 0.25) is 0 Å². The average Bonchev–Trinajstić information content (AvgIpc) is 2.76. The lowest BCUT2D eigenvalue weighted by atomic mass is 9.99. The van der Waals surface area contributed by atoms with Gasteiger partial charge in [-0.05, 0) is 36.4 Å². The third-order valence-corrected chi connectivity index (χ3v) is 4.19. The molecule has 1 heterocycles. The molecule has 0 saturated heterocycles. The van der Waals surface area contributed by atoms with E-state index in [0.29, 0.717) is 22.4 Å². The number of carbonyl (C=O) groups excluding carboxylic acids is 2. The predicted molar refractivity (Wildman–Crippen MR) is 115 cm³/mol. The maximum atomic E-state index is 13.8. The first-order valence-corrected chi connectivity index (χ1v) is 8.84. The summed E-state index contributed by atoms with van der Waals surface area (Å²) in [5, 5.41) is 5.17. The van der Waals surface area contributed by atoms with E-state index in [0.717, 1.165) is 12.1 Å². The highest BCUT2D eigenvalue weighted by atomic mass is 19.1. The van der Waals surface area contributed by atoms with Crippen molar-refractivity contribution in [1.82, 2.24) is 4.98 Å². The van der Waals surface area contributed by atoms with Gasteiger partial charge in [0, 0.05) is 24.4 Å². The molecule has 0 atom stereocenters. The van der Waals surface area contributed by atoms with Crippen LogP contribution in [0.5, 0.6) is 0 Å². The van der Waals surface area contributed by atoms with Crippen molar-refractivity contribution >= 4 is 42.5 Å². The van der Waals surface area contributed by atoms with Crippen LogP contribution in [0.25, 0.3) is 0 Å². The Kier molecular flexibility index (Phi) is 6.21. The van der Waals surface area contributed by atoms with Crippen LogP contribution in [0.15, 0.2) is 65.8 Å². The molecule has 0 bridgehead atoms. The van der Waals surface area contributed by atoms with Crippen LogP contribution in [-0.4, -0.2) is 37.5 Å². The summed E-state index contributed by atoms with van der Waals surface area (Å²) in [5.41, 5.74) is 7.27. The van der Waals surface area contributed by atoms with Crippen LogP contribution >= 0.6 is 0 Å². The molecule has 2 aromatic carbocycles. The smallest absolute Gasteiger partial charge is 0.259 e. The fraction of sp³-hybridized carbons (Fsp3) is 0.0476. The number of benzene rings is 2. The first kappa shape index (κ1) is 20.7. The average molecular weight is 401 g/mol. The van der Waals surface area contributed by atoms with Crippen molar-refractivity contribution in [2.75, 3.05) is 17.7 Å². The van der Waals surface area contributed by atoms with E-state index >= 15 is 0 Å². The largest absolute Gasteiger partial charge is 0.384 e. The number of aromatic nitrogens is 1. The highest BCUT2D eigenvalue weighted by Crippen LogP contribution is 2.20. The summed E-state index contributed by atoms with van der Waals surface area (Å²) in [6.07, 6.45) is 1.38. The highest BCUT2D eigenvalue weighted by Gasteiger charge is 2.16. The Hall–Kier alpha value is -4.01. The summed E-state index contributed by atoms with van der Waals surface area (Å²) in [6, 6.07) is 13.0. The van der Waals surface area contributed by atoms with Crippen LogP contribution in [-0.2, 0) is 0 Å². The second-order valence-electron chi connectivity index (χ2n) is 6.26. The van der Waals surface area contributed by atoms with Gasteiger partial charge in [-0.2, -0.15) is 0 Å². The topological polar surface area (TPSA) is 109 Å². The first-order chi connectivity index (χ1) is 14.4. The number of hydrogen-bond acceptors (Lipinski definition) is 4. The summed E-state index contributed by atoms with van der Waals surface area (Å²) in [7, 11) is 7.14. The molecule has 7 nitrogen and oxygen atoms in total. The van der Waals surface area contributed by atoms with Crippen LogP contribution in [0.3, 0.4) is 0 Å². The molecule has 0 aliphatic rings. The second kappa shape index (κ2) is 9.00. The van der Waals surface area contributed by atoms with Gasteiger partial charge in [0.15, 0.2) is 0 Å². The van der Waals surface area contributed by atoms with Gasteiger partial charge in [0.05, 0.1) is 11.3 Å². The Morgan fingerprint density at radius 3 is 2.33 bits per heavy atom. The molecule has 3 aromatic rings. The fourth-order valence-electron chi connectivity index (χ4n) is 2.59. The number of pyridine rings is 1. The molecule has 2 amide bonds. The number of nitrogens with two attached hydrogens (primary N) is 1. The molecule has 0 saturated carbocycles. The van der Waals surface area contributed by atoms with Crippen molar-refractivity contribution in [3.8, 4) is 0 Å². The Morgan fingerprint density at radius 2 is 1.70 bits per heavy atom. The number of anilines is 2. The molecule has 0 aliphatic carbocycles. The quantitative estimate of drug-likeness (QED) is 0.344. The Labute approximate surface area is 173 Å². The number of nitrogens with one attached hydrogen (secondary N) is 2. The van der Waals surface area contributed by atoms with Crippen LogP contribution < -0.4 is 21.8 Å². The predicted octanol–water partition coefficient (Wildman–Crippen LogP) is 1.85. The SMILES string of the molecule is [B]c1ccc(NC(=O)c2cc(F)ccc2NC(=O)c2ccc(C(N)=NC)cc2)nc1. The molecule has 0 fully saturated rings. The zero-order chi connectivity index (χ0) is 21.7. The molecule has 2 radical (unpaired) electrons. The second-order valence-corrected chi connectivity index (χ2v) is 6.26. The monoisotopic (exact) mass is 401 g/mol. The minimum Gasteiger partial charge on any atom is -0.384 e. The van der Waals surface area contributed by atoms with Gasteiger partial charge in [-0.25, -0.2) is 9.37 Å². The van der Waals surface area contributed by atoms with Crippen LogP contribution in [0.4, 0.5) is 15.9 Å². The lowest BCUT2D eigenvalue weighted by Crippen LogP contribution is -2.19. The molecule has 0 aliphatic heterocycles. The molecule has 4 N–H and O–H groups in total. The van der Waals surface area contributed by atoms with Crippen molar-refractivity contribution in [3.63, 3.8) is 0 Å². The zero-order valence-corrected chi connectivity index (χ0v) is 16.0. The minimum absolute atomic E-state index is 0.0547. The van der Waals surface area contributed by atoms with E-state index in [9.17, 15) is 14.0 Å². The van der Waals surface area contributed by atoms with Gasteiger partial charge in [0.1, 0.15) is 25.3 Å². The van der Waals surface area contributed by atoms with Gasteiger partial charge in [-0.3, -0.25) is 14.6 Å². The van der Waals surface area contributed by atoms with Crippen molar-refractivity contribution in [3.05, 3.63) is 83.3 Å². The molecular formula is C21H17BFN5O2. The third-order valence-electron chi connectivity index (χ3n) is 4.19. The Morgan fingerprint density at radius 1 is 1.00 bits per heavy atom. The van der Waals surface area contributed by atoms with Gasteiger partial charge in [-0.15, -0.1) is 0 Å². The number of rotatable bonds is 5. The number of amidine groups is 1. The fourth-order valence-corrected chi connectivity index (χ4v) is 2.59. The summed E-state index contributed by atoms with van der Waals surface area (Å²) >= 11 is 0. The van der Waals surface area contributed by atoms with Crippen LogP contribution in [0, 0.1) is 5.82 Å². The van der Waals surface area contributed by atoms with E-state index in [1.54, 1.807) is 37.4 Å². The van der Waals surface area contributed by atoms with E-state index < -0.39 is 17.6 Å². The number of carbonyl (C=O) groups is 2. The van der Waals surface area contributed by atoms with Crippen molar-refractivity contribution in [1.29, 1.82) is 0 Å². The third kappa shape index (κ3) is 4.88. The molecule has 0 spiro atoms. The number of hydrogen-bond donors (Lipinski definition) is 3. The van der Waals surface area contributed by atoms with Crippen molar-refractivity contribution in [2.45, 2.75) is 0 Å². The standard InChI is InChI=1S/C21H17BFN5O2/c1-25-19(24)12-2-4-13(5-3-12)20(29)27-17-8-7-15(23)10-16(17)21(30)28-18-9-6-14(22)11-26-18/h2-11H,1H3,(H2,24,25)(H,27,29)(H,26,28,30). The summed E-state index contributed by atoms with van der Waals surface area (Å²) in [6.45, 7) is 0. The normalized spacial score (nSPS) is 11.1. The zero-order valence-electron chi connectivity index (χ0n) is 16.0. The van der Waals surface area contributed by atoms with Crippen LogP contribution in [0.1, 0.15) is 26.3 Å². The molecule has 0 unspecified atom stereocenters. The van der Waals surface area contributed by atoms with E-state index in [2.05, 4.69) is 20.6 Å². The van der Waals surface area contributed by atoms with Gasteiger partial charge < -0.3 is 16.4 Å². The lowest BCUT2D eigenvalue weighted by molar-refractivity contribution is 0.102. The molecule has 148 valence electrons. The summed E-state index contributed by atoms with van der Waals surface area (Å²) < 4.78 is 13.8. The van der Waals surface area contributed by atoms with Gasteiger partial charge in [-0.1, -0.05) is 23.7 Å². The van der Waals surface area contributed by atoms with E-state index in [-0.39, 0.29) is 17.1 Å². The van der Waals surface area contributed by atoms with E-state index in [1.165, 1.54) is 18.3 Å². The lowest BCUT2D eigenvalue weighted by Gasteiger charge is -2.12. The summed E-state index contributed by atoms with van der Waals surface area (Å²) in [5.74, 6) is -1.15. The molecule has 3 rings (SSSR count). The Bertz CT molecular complexity index is 1120. The minimum atomic E-state index is -0.635. The maximum absolute atomic E-state index is 13.8. The molecular weight excluding hydrogens is 384 g/mol. The van der Waals surface area contributed by atoms with Gasteiger partial charge >= 0.3 is 0 Å². The van der Waals surface area contributed by atoms with Gasteiger partial charge in [0.25, 0.3) is 11.8 Å². The Balaban J connectivity index is 1.81. The number of nitrogens with zero attached hydrogens (tertiary/aromatic N) is 2. The first-order valence-electron chi connectivity index (χ1n) is 8.84. The molecule has 9 heteroatoms. The van der Waals surface area contributed by atoms with Crippen molar-refractivity contribution < 1.29 is 14.0 Å². The number of aliphatic imine (C=N–C) groups is 1. The molecule has 30 heavy (non-hydrogen) atoms.